The fourth-order valence-electron chi connectivity index (χ4n) is 1.64. The molecular formula is C9H12O. The van der Waals surface area contributed by atoms with Crippen LogP contribution in [0.2, 0.25) is 0 Å². The Morgan fingerprint density at radius 3 is 3.10 bits per heavy atom. The van der Waals surface area contributed by atoms with Gasteiger partial charge in [0, 0.05) is 0 Å². The Bertz CT molecular complexity index is 205. The molecule has 0 radical (unpaired) electrons. The summed E-state index contributed by atoms with van der Waals surface area (Å²) in [4.78, 5) is 0. The van der Waals surface area contributed by atoms with Crippen LogP contribution in [-0.4, -0.2) is 13.2 Å². The van der Waals surface area contributed by atoms with Gasteiger partial charge < -0.3 is 4.74 Å². The molecule has 10 heavy (non-hydrogen) atoms. The molecule has 1 saturated heterocycles. The lowest BCUT2D eigenvalue weighted by Crippen LogP contribution is -1.96. The molecule has 1 nitrogen and oxygen atoms in total. The molecule has 0 amide bonds. The van der Waals surface area contributed by atoms with Gasteiger partial charge in [-0.2, -0.15) is 0 Å². The van der Waals surface area contributed by atoms with E-state index < -0.39 is 0 Å². The van der Waals surface area contributed by atoms with Gasteiger partial charge >= 0.3 is 0 Å². The first-order valence-electron chi connectivity index (χ1n) is 3.83. The summed E-state index contributed by atoms with van der Waals surface area (Å²) in [5.41, 5.74) is 4.46. The molecule has 0 spiro atoms. The maximum atomic E-state index is 5.34. The van der Waals surface area contributed by atoms with Gasteiger partial charge in [-0.05, 0) is 30.9 Å². The van der Waals surface area contributed by atoms with E-state index in [1.54, 1.807) is 0 Å². The molecule has 0 aromatic heterocycles. The van der Waals surface area contributed by atoms with E-state index in [9.17, 15) is 0 Å². The molecule has 1 aliphatic heterocycles. The number of hydrogen-bond donors (Lipinski definition) is 0. The fourth-order valence-corrected chi connectivity index (χ4v) is 1.64. The highest BCUT2D eigenvalue weighted by Gasteiger charge is 2.18. The van der Waals surface area contributed by atoms with Crippen molar-refractivity contribution in [2.24, 2.45) is 0 Å². The van der Waals surface area contributed by atoms with Crippen molar-refractivity contribution in [1.82, 2.24) is 0 Å². The Morgan fingerprint density at radius 2 is 2.30 bits per heavy atom. The summed E-state index contributed by atoms with van der Waals surface area (Å²) in [6, 6.07) is 0. The van der Waals surface area contributed by atoms with Crippen molar-refractivity contribution in [2.45, 2.75) is 19.8 Å². The lowest BCUT2D eigenvalue weighted by atomic mass is 9.94. The number of ether oxygens (including phenoxy) is 1. The Hall–Kier alpha value is -0.560. The summed E-state index contributed by atoms with van der Waals surface area (Å²) < 4.78 is 5.34. The van der Waals surface area contributed by atoms with Crippen molar-refractivity contribution in [3.05, 3.63) is 22.8 Å². The van der Waals surface area contributed by atoms with Gasteiger partial charge in [-0.25, -0.2) is 0 Å². The van der Waals surface area contributed by atoms with Gasteiger partial charge in [-0.1, -0.05) is 11.6 Å². The number of fused-ring (bicyclic) bond motifs is 1. The van der Waals surface area contributed by atoms with E-state index in [0.29, 0.717) is 0 Å². The molecule has 0 saturated carbocycles. The smallest absolute Gasteiger partial charge is 0.0724 e. The summed E-state index contributed by atoms with van der Waals surface area (Å²) in [5.74, 6) is 0. The zero-order chi connectivity index (χ0) is 6.97. The van der Waals surface area contributed by atoms with Crippen molar-refractivity contribution in [3.63, 3.8) is 0 Å². The summed E-state index contributed by atoms with van der Waals surface area (Å²) in [6.45, 7) is 3.93. The van der Waals surface area contributed by atoms with Crippen LogP contribution in [0.25, 0.3) is 0 Å². The van der Waals surface area contributed by atoms with Crippen LogP contribution in [0.15, 0.2) is 22.8 Å². The van der Waals surface area contributed by atoms with Crippen molar-refractivity contribution < 1.29 is 4.74 Å². The van der Waals surface area contributed by atoms with Gasteiger partial charge in [-0.3, -0.25) is 0 Å². The van der Waals surface area contributed by atoms with E-state index in [-0.39, 0.29) is 0 Å². The molecule has 1 heterocycles. The Balaban J connectivity index is 2.38. The first kappa shape index (κ1) is 6.17. The molecule has 0 N–H and O–H groups in total. The van der Waals surface area contributed by atoms with Crippen molar-refractivity contribution in [1.29, 1.82) is 0 Å². The average molecular weight is 136 g/mol. The maximum absolute atomic E-state index is 5.34. The Kier molecular flexibility index (Phi) is 1.38. The third-order valence-corrected chi connectivity index (χ3v) is 2.32. The third-order valence-electron chi connectivity index (χ3n) is 2.32. The first-order valence-corrected chi connectivity index (χ1v) is 3.83. The predicted molar refractivity (Wildman–Crippen MR) is 40.8 cm³/mol. The van der Waals surface area contributed by atoms with Crippen LogP contribution in [0.5, 0.6) is 0 Å². The second kappa shape index (κ2) is 2.24. The Labute approximate surface area is 61.4 Å². The molecule has 0 unspecified atom stereocenters. The Morgan fingerprint density at radius 1 is 1.40 bits per heavy atom. The maximum Gasteiger partial charge on any atom is 0.0724 e. The highest BCUT2D eigenvalue weighted by molar-refractivity contribution is 5.40. The minimum atomic E-state index is 0.854. The lowest BCUT2D eigenvalue weighted by molar-refractivity contribution is 0.214. The molecule has 0 bridgehead atoms. The molecule has 54 valence electrons. The van der Waals surface area contributed by atoms with Crippen LogP contribution in [0.1, 0.15) is 19.8 Å². The van der Waals surface area contributed by atoms with Crippen LogP contribution in [0.4, 0.5) is 0 Å². The molecule has 2 rings (SSSR count). The predicted octanol–water partition coefficient (Wildman–Crippen LogP) is 2.05. The number of rotatable bonds is 0. The van der Waals surface area contributed by atoms with Gasteiger partial charge in [0.05, 0.1) is 13.2 Å². The normalized spacial score (nSPS) is 24.7. The lowest BCUT2D eigenvalue weighted by Gasteiger charge is -2.10. The van der Waals surface area contributed by atoms with Crippen LogP contribution in [0.3, 0.4) is 0 Å². The summed E-state index contributed by atoms with van der Waals surface area (Å²) in [6.07, 6.45) is 4.77. The van der Waals surface area contributed by atoms with E-state index in [2.05, 4.69) is 13.0 Å². The molecule has 0 atom stereocenters. The van der Waals surface area contributed by atoms with Gasteiger partial charge in [-0.15, -0.1) is 0 Å². The summed E-state index contributed by atoms with van der Waals surface area (Å²) >= 11 is 0. The van der Waals surface area contributed by atoms with Crippen LogP contribution in [0, 0.1) is 0 Å². The standard InChI is InChI=1S/C9H12O/c1-7-3-2-4-8-5-10-6-9(7)8/h4H,2-3,5-6H2,1H3. The monoisotopic (exact) mass is 136 g/mol. The van der Waals surface area contributed by atoms with E-state index >= 15 is 0 Å². The van der Waals surface area contributed by atoms with Crippen LogP contribution < -0.4 is 0 Å². The van der Waals surface area contributed by atoms with Crippen LogP contribution >= 0.6 is 0 Å². The van der Waals surface area contributed by atoms with E-state index in [4.69, 9.17) is 4.74 Å². The zero-order valence-electron chi connectivity index (χ0n) is 6.31. The second-order valence-corrected chi connectivity index (χ2v) is 3.02. The van der Waals surface area contributed by atoms with E-state index in [1.807, 2.05) is 0 Å². The molecule has 0 aromatic carbocycles. The number of hydrogen-bond acceptors (Lipinski definition) is 1. The number of allylic oxidation sites excluding steroid dienone is 2. The van der Waals surface area contributed by atoms with E-state index in [1.165, 1.54) is 29.6 Å². The highest BCUT2D eigenvalue weighted by Crippen LogP contribution is 2.29. The summed E-state index contributed by atoms with van der Waals surface area (Å²) in [7, 11) is 0. The highest BCUT2D eigenvalue weighted by atomic mass is 16.5. The minimum absolute atomic E-state index is 0.854. The molecule has 0 aromatic rings. The minimum Gasteiger partial charge on any atom is -0.372 e. The topological polar surface area (TPSA) is 9.23 Å². The molecular weight excluding hydrogens is 124 g/mol. The largest absolute Gasteiger partial charge is 0.372 e. The zero-order valence-corrected chi connectivity index (χ0v) is 6.31. The summed E-state index contributed by atoms with van der Waals surface area (Å²) in [5, 5.41) is 0. The quantitative estimate of drug-likeness (QED) is 0.495. The fraction of sp³-hybridized carbons (Fsp3) is 0.556. The average Bonchev–Trinajstić information content (AvgIpc) is 2.36. The molecule has 1 heteroatoms. The van der Waals surface area contributed by atoms with Gasteiger partial charge in [0.1, 0.15) is 0 Å². The van der Waals surface area contributed by atoms with Crippen molar-refractivity contribution in [2.75, 3.05) is 13.2 Å². The molecule has 2 aliphatic rings. The second-order valence-electron chi connectivity index (χ2n) is 3.02. The van der Waals surface area contributed by atoms with E-state index in [0.717, 1.165) is 13.2 Å². The van der Waals surface area contributed by atoms with Crippen molar-refractivity contribution >= 4 is 0 Å². The van der Waals surface area contributed by atoms with Gasteiger partial charge in [0.2, 0.25) is 0 Å². The van der Waals surface area contributed by atoms with Gasteiger partial charge in [0.15, 0.2) is 0 Å². The molecule has 1 aliphatic carbocycles. The first-order chi connectivity index (χ1) is 4.88. The molecule has 1 fully saturated rings. The van der Waals surface area contributed by atoms with Crippen LogP contribution in [-0.2, 0) is 4.74 Å². The SMILES string of the molecule is CC1=C2COCC2=CCC1. The van der Waals surface area contributed by atoms with Gasteiger partial charge in [0.25, 0.3) is 0 Å². The third kappa shape index (κ3) is 0.816. The van der Waals surface area contributed by atoms with Crippen molar-refractivity contribution in [3.8, 4) is 0 Å².